The van der Waals surface area contributed by atoms with Crippen molar-refractivity contribution in [3.8, 4) is 22.1 Å². The first kappa shape index (κ1) is 26.3. The SMILES string of the molecule is COc1cc(OCc2ccccc2)cc(-c2nnc(Nc3cccc(SCc4ccc(C(=O)O)cc4)c3)s2)c1. The molecule has 0 unspecified atom stereocenters. The molecule has 0 amide bonds. The summed E-state index contributed by atoms with van der Waals surface area (Å²) in [6.07, 6.45) is 0. The lowest BCUT2D eigenvalue weighted by Gasteiger charge is -2.10. The Labute approximate surface area is 234 Å². The van der Waals surface area contributed by atoms with Crippen molar-refractivity contribution in [3.05, 3.63) is 114 Å². The van der Waals surface area contributed by atoms with E-state index in [0.29, 0.717) is 23.2 Å². The van der Waals surface area contributed by atoms with Gasteiger partial charge in [-0.15, -0.1) is 22.0 Å². The molecule has 2 N–H and O–H groups in total. The number of anilines is 2. The molecule has 39 heavy (non-hydrogen) atoms. The minimum absolute atomic E-state index is 0.288. The van der Waals surface area contributed by atoms with Crippen molar-refractivity contribution in [2.75, 3.05) is 12.4 Å². The minimum Gasteiger partial charge on any atom is -0.497 e. The highest BCUT2D eigenvalue weighted by molar-refractivity contribution is 7.98. The van der Waals surface area contributed by atoms with Gasteiger partial charge in [-0.25, -0.2) is 4.79 Å². The molecule has 0 saturated carbocycles. The molecular weight excluding hydrogens is 530 g/mol. The molecule has 0 aliphatic carbocycles. The van der Waals surface area contributed by atoms with Gasteiger partial charge in [0.05, 0.1) is 12.7 Å². The third-order valence-corrected chi connectivity index (χ3v) is 7.68. The number of carboxylic acid groups (broad SMARTS) is 1. The maximum Gasteiger partial charge on any atom is 0.335 e. The van der Waals surface area contributed by atoms with Crippen molar-refractivity contribution in [1.29, 1.82) is 0 Å². The molecule has 0 spiro atoms. The van der Waals surface area contributed by atoms with Gasteiger partial charge in [0.2, 0.25) is 5.13 Å². The van der Waals surface area contributed by atoms with Crippen LogP contribution in [0.5, 0.6) is 11.5 Å². The summed E-state index contributed by atoms with van der Waals surface area (Å²) in [6, 6.07) is 30.7. The number of carboxylic acids is 1. The van der Waals surface area contributed by atoms with Crippen molar-refractivity contribution in [2.24, 2.45) is 0 Å². The van der Waals surface area contributed by atoms with E-state index in [1.807, 2.05) is 78.9 Å². The van der Waals surface area contributed by atoms with Gasteiger partial charge in [0.25, 0.3) is 0 Å². The number of methoxy groups -OCH3 is 1. The number of hydrogen-bond acceptors (Lipinski definition) is 8. The molecule has 7 nitrogen and oxygen atoms in total. The summed E-state index contributed by atoms with van der Waals surface area (Å²) in [4.78, 5) is 12.1. The molecule has 1 heterocycles. The standard InChI is InChI=1S/C30H25N3O4S2/c1-36-25-14-23(15-26(17-25)37-18-20-6-3-2-4-7-20)28-32-33-30(39-28)31-24-8-5-9-27(16-24)38-19-21-10-12-22(13-11-21)29(34)35/h2-17H,18-19H2,1H3,(H,31,33)(H,34,35). The third-order valence-electron chi connectivity index (χ3n) is 5.73. The molecule has 5 aromatic rings. The van der Waals surface area contributed by atoms with Gasteiger partial charge in [0.15, 0.2) is 0 Å². The normalized spacial score (nSPS) is 10.7. The summed E-state index contributed by atoms with van der Waals surface area (Å²) in [7, 11) is 1.63. The first-order chi connectivity index (χ1) is 19.1. The molecule has 0 atom stereocenters. The monoisotopic (exact) mass is 555 g/mol. The van der Waals surface area contributed by atoms with Crippen molar-refractivity contribution in [1.82, 2.24) is 10.2 Å². The number of carbonyl (C=O) groups is 1. The van der Waals surface area contributed by atoms with E-state index >= 15 is 0 Å². The van der Waals surface area contributed by atoms with Gasteiger partial charge in [-0.3, -0.25) is 0 Å². The lowest BCUT2D eigenvalue weighted by molar-refractivity contribution is 0.0697. The van der Waals surface area contributed by atoms with Gasteiger partial charge in [-0.05, 0) is 53.6 Å². The molecule has 196 valence electrons. The van der Waals surface area contributed by atoms with Gasteiger partial charge in [0.1, 0.15) is 23.1 Å². The summed E-state index contributed by atoms with van der Waals surface area (Å²) in [5.74, 6) is 1.19. The summed E-state index contributed by atoms with van der Waals surface area (Å²) in [5, 5.41) is 22.5. The Balaban J connectivity index is 1.24. The van der Waals surface area contributed by atoms with E-state index in [4.69, 9.17) is 14.6 Å². The molecule has 1 aromatic heterocycles. The van der Waals surface area contributed by atoms with E-state index in [9.17, 15) is 4.79 Å². The quantitative estimate of drug-likeness (QED) is 0.162. The van der Waals surface area contributed by atoms with Crippen LogP contribution in [0.25, 0.3) is 10.6 Å². The molecule has 0 aliphatic heterocycles. The molecule has 5 rings (SSSR count). The Kier molecular flexibility index (Phi) is 8.40. The number of aromatic nitrogens is 2. The van der Waals surface area contributed by atoms with Crippen LogP contribution >= 0.6 is 23.1 Å². The number of benzene rings is 4. The van der Waals surface area contributed by atoms with Gasteiger partial charge in [0, 0.05) is 28.0 Å². The first-order valence-corrected chi connectivity index (χ1v) is 13.9. The lowest BCUT2D eigenvalue weighted by atomic mass is 10.1. The molecule has 0 bridgehead atoms. The van der Waals surface area contributed by atoms with Crippen molar-refractivity contribution in [3.63, 3.8) is 0 Å². The highest BCUT2D eigenvalue weighted by Gasteiger charge is 2.12. The largest absolute Gasteiger partial charge is 0.497 e. The fourth-order valence-corrected chi connectivity index (χ4v) is 5.39. The predicted molar refractivity (Wildman–Crippen MR) is 155 cm³/mol. The van der Waals surface area contributed by atoms with Crippen molar-refractivity contribution >= 4 is 39.9 Å². The smallest absolute Gasteiger partial charge is 0.335 e. The highest BCUT2D eigenvalue weighted by atomic mass is 32.2. The summed E-state index contributed by atoms with van der Waals surface area (Å²) >= 11 is 3.12. The Hall–Kier alpha value is -4.34. The molecule has 9 heteroatoms. The average Bonchev–Trinajstić information content (AvgIpc) is 3.44. The van der Waals surface area contributed by atoms with Crippen molar-refractivity contribution in [2.45, 2.75) is 17.3 Å². The summed E-state index contributed by atoms with van der Waals surface area (Å²) in [5.41, 5.74) is 4.20. The number of nitrogens with one attached hydrogen (secondary N) is 1. The van der Waals surface area contributed by atoms with E-state index in [2.05, 4.69) is 21.6 Å². The van der Waals surface area contributed by atoms with Gasteiger partial charge in [-0.2, -0.15) is 0 Å². The zero-order valence-electron chi connectivity index (χ0n) is 21.0. The number of rotatable bonds is 11. The zero-order chi connectivity index (χ0) is 27.0. The molecular formula is C30H25N3O4S2. The lowest BCUT2D eigenvalue weighted by Crippen LogP contribution is -1.96. The highest BCUT2D eigenvalue weighted by Crippen LogP contribution is 2.34. The maximum atomic E-state index is 11.0. The molecule has 0 saturated heterocycles. The van der Waals surface area contributed by atoms with E-state index in [-0.39, 0.29) is 5.56 Å². The number of hydrogen-bond donors (Lipinski definition) is 2. The van der Waals surface area contributed by atoms with Crippen LogP contribution in [-0.4, -0.2) is 28.4 Å². The van der Waals surface area contributed by atoms with Crippen LogP contribution in [0.1, 0.15) is 21.5 Å². The second kappa shape index (κ2) is 12.5. The maximum absolute atomic E-state index is 11.0. The summed E-state index contributed by atoms with van der Waals surface area (Å²) < 4.78 is 11.5. The van der Waals surface area contributed by atoms with Crippen LogP contribution in [0.3, 0.4) is 0 Å². The van der Waals surface area contributed by atoms with Crippen molar-refractivity contribution < 1.29 is 19.4 Å². The number of thioether (sulfide) groups is 1. The summed E-state index contributed by atoms with van der Waals surface area (Å²) in [6.45, 7) is 0.457. The topological polar surface area (TPSA) is 93.6 Å². The van der Waals surface area contributed by atoms with E-state index in [1.165, 1.54) is 11.3 Å². The van der Waals surface area contributed by atoms with E-state index < -0.39 is 5.97 Å². The zero-order valence-corrected chi connectivity index (χ0v) is 22.7. The second-order valence-electron chi connectivity index (χ2n) is 8.53. The van der Waals surface area contributed by atoms with Crippen LogP contribution in [-0.2, 0) is 12.4 Å². The van der Waals surface area contributed by atoms with E-state index in [1.54, 1.807) is 31.0 Å². The van der Waals surface area contributed by atoms with Crippen LogP contribution in [0.15, 0.2) is 102 Å². The predicted octanol–water partition coefficient (Wildman–Crippen LogP) is 7.53. The number of aromatic carboxylic acids is 1. The van der Waals surface area contributed by atoms with Gasteiger partial charge >= 0.3 is 5.97 Å². The fourth-order valence-electron chi connectivity index (χ4n) is 3.73. The van der Waals surface area contributed by atoms with Crippen LogP contribution < -0.4 is 14.8 Å². The second-order valence-corrected chi connectivity index (χ2v) is 10.6. The first-order valence-electron chi connectivity index (χ1n) is 12.1. The number of nitrogens with zero attached hydrogens (tertiary/aromatic N) is 2. The van der Waals surface area contributed by atoms with Crippen LogP contribution in [0.2, 0.25) is 0 Å². The minimum atomic E-state index is -0.920. The Morgan fingerprint density at radius 3 is 2.46 bits per heavy atom. The fraction of sp³-hybridized carbons (Fsp3) is 0.100. The number of ether oxygens (including phenoxy) is 2. The van der Waals surface area contributed by atoms with Gasteiger partial charge in [-0.1, -0.05) is 59.9 Å². The Morgan fingerprint density at radius 1 is 0.897 bits per heavy atom. The molecule has 0 aliphatic rings. The van der Waals surface area contributed by atoms with Crippen LogP contribution in [0.4, 0.5) is 10.8 Å². The van der Waals surface area contributed by atoms with Crippen LogP contribution in [0, 0.1) is 0 Å². The van der Waals surface area contributed by atoms with Gasteiger partial charge < -0.3 is 19.9 Å². The third kappa shape index (κ3) is 7.16. The Morgan fingerprint density at radius 2 is 1.69 bits per heavy atom. The Bertz CT molecular complexity index is 1560. The molecule has 0 radical (unpaired) electrons. The van der Waals surface area contributed by atoms with E-state index in [0.717, 1.165) is 38.0 Å². The molecule has 4 aromatic carbocycles. The average molecular weight is 556 g/mol. The molecule has 0 fully saturated rings.